The van der Waals surface area contributed by atoms with Gasteiger partial charge < -0.3 is 16.2 Å². The SMILES string of the molecule is CC(C)n1nc(C(N)=O)cc1NC(=O)c1ccc(Cl)cc1.O=C(O)C(F)(F)F. The number of primary amides is 1. The van der Waals surface area contributed by atoms with Gasteiger partial charge in [-0.3, -0.25) is 9.59 Å². The van der Waals surface area contributed by atoms with Crippen LogP contribution in [0.5, 0.6) is 0 Å². The molecule has 4 N–H and O–H groups in total. The molecule has 0 atom stereocenters. The third-order valence-corrected chi connectivity index (χ3v) is 3.32. The predicted molar refractivity (Wildman–Crippen MR) is 94.2 cm³/mol. The van der Waals surface area contributed by atoms with Gasteiger partial charge in [0.1, 0.15) is 5.82 Å². The molecule has 1 heterocycles. The van der Waals surface area contributed by atoms with Crippen molar-refractivity contribution in [1.82, 2.24) is 9.78 Å². The van der Waals surface area contributed by atoms with E-state index in [9.17, 15) is 22.8 Å². The van der Waals surface area contributed by atoms with Crippen LogP contribution >= 0.6 is 11.6 Å². The summed E-state index contributed by atoms with van der Waals surface area (Å²) in [5.74, 6) is -3.30. The van der Waals surface area contributed by atoms with Crippen LogP contribution in [0.4, 0.5) is 19.0 Å². The highest BCUT2D eigenvalue weighted by molar-refractivity contribution is 6.30. The standard InChI is InChI=1S/C14H15ClN4O2.C2HF3O2/c1-8(2)19-12(7-11(18-19)13(16)20)17-14(21)9-3-5-10(15)6-4-9;3-2(4,5)1(6)7/h3-8H,1-2H3,(H2,16,20)(H,17,21);(H,6,7). The zero-order valence-electron chi connectivity index (χ0n) is 14.6. The normalized spacial score (nSPS) is 10.8. The molecule has 0 unspecified atom stereocenters. The fraction of sp³-hybridized carbons (Fsp3) is 0.250. The van der Waals surface area contributed by atoms with Gasteiger partial charge in [-0.05, 0) is 38.1 Å². The maximum absolute atomic E-state index is 12.2. The summed E-state index contributed by atoms with van der Waals surface area (Å²) in [6, 6.07) is 7.91. The summed E-state index contributed by atoms with van der Waals surface area (Å²) in [7, 11) is 0. The smallest absolute Gasteiger partial charge is 0.475 e. The molecular formula is C16H16ClF3N4O4. The number of rotatable bonds is 4. The Morgan fingerprint density at radius 1 is 1.21 bits per heavy atom. The van der Waals surface area contributed by atoms with Crippen LogP contribution in [0.3, 0.4) is 0 Å². The van der Waals surface area contributed by atoms with E-state index >= 15 is 0 Å². The van der Waals surface area contributed by atoms with Gasteiger partial charge in [0.05, 0.1) is 0 Å². The number of aromatic nitrogens is 2. The second-order valence-corrected chi connectivity index (χ2v) is 6.02. The summed E-state index contributed by atoms with van der Waals surface area (Å²) in [4.78, 5) is 32.3. The van der Waals surface area contributed by atoms with Gasteiger partial charge >= 0.3 is 12.1 Å². The van der Waals surface area contributed by atoms with Crippen LogP contribution in [0.25, 0.3) is 0 Å². The highest BCUT2D eigenvalue weighted by Gasteiger charge is 2.38. The molecule has 0 aliphatic carbocycles. The number of benzene rings is 1. The minimum Gasteiger partial charge on any atom is -0.475 e. The van der Waals surface area contributed by atoms with Gasteiger partial charge in [0, 0.05) is 22.7 Å². The quantitative estimate of drug-likeness (QED) is 0.700. The number of alkyl halides is 3. The first-order valence-corrected chi connectivity index (χ1v) is 7.97. The zero-order valence-corrected chi connectivity index (χ0v) is 15.4. The molecule has 0 radical (unpaired) electrons. The topological polar surface area (TPSA) is 127 Å². The highest BCUT2D eigenvalue weighted by Crippen LogP contribution is 2.18. The van der Waals surface area contributed by atoms with E-state index in [0.29, 0.717) is 16.4 Å². The molecule has 1 aromatic carbocycles. The average Bonchev–Trinajstić information content (AvgIpc) is 2.99. The fourth-order valence-electron chi connectivity index (χ4n) is 1.79. The lowest BCUT2D eigenvalue weighted by atomic mass is 10.2. The van der Waals surface area contributed by atoms with Gasteiger partial charge in [0.25, 0.3) is 11.8 Å². The van der Waals surface area contributed by atoms with E-state index < -0.39 is 18.1 Å². The Hall–Kier alpha value is -3.08. The average molecular weight is 421 g/mol. The first-order chi connectivity index (χ1) is 12.8. The summed E-state index contributed by atoms with van der Waals surface area (Å²) in [6.07, 6.45) is -5.08. The molecular weight excluding hydrogens is 405 g/mol. The maximum atomic E-state index is 12.2. The van der Waals surface area contributed by atoms with Crippen molar-refractivity contribution in [2.75, 3.05) is 5.32 Å². The summed E-state index contributed by atoms with van der Waals surface area (Å²) in [5.41, 5.74) is 5.77. The molecule has 152 valence electrons. The molecule has 0 bridgehead atoms. The van der Waals surface area contributed by atoms with Crippen LogP contribution in [0.15, 0.2) is 30.3 Å². The Labute approximate surface area is 162 Å². The number of nitrogens with zero attached hydrogens (tertiary/aromatic N) is 2. The summed E-state index contributed by atoms with van der Waals surface area (Å²) >= 11 is 5.78. The van der Waals surface area contributed by atoms with Crippen LogP contribution in [-0.2, 0) is 4.79 Å². The van der Waals surface area contributed by atoms with Crippen molar-refractivity contribution in [2.24, 2.45) is 5.73 Å². The van der Waals surface area contributed by atoms with Crippen LogP contribution < -0.4 is 11.1 Å². The van der Waals surface area contributed by atoms with E-state index in [1.807, 2.05) is 13.8 Å². The number of halogens is 4. The second-order valence-electron chi connectivity index (χ2n) is 5.58. The molecule has 0 aliphatic rings. The third-order valence-electron chi connectivity index (χ3n) is 3.07. The highest BCUT2D eigenvalue weighted by atomic mass is 35.5. The molecule has 0 fully saturated rings. The number of hydrogen-bond acceptors (Lipinski definition) is 4. The molecule has 1 aromatic heterocycles. The van der Waals surface area contributed by atoms with E-state index in [1.54, 1.807) is 24.3 Å². The Kier molecular flexibility index (Phi) is 7.56. The summed E-state index contributed by atoms with van der Waals surface area (Å²) in [6.45, 7) is 3.77. The minimum absolute atomic E-state index is 0.0291. The van der Waals surface area contributed by atoms with Crippen LogP contribution in [0.1, 0.15) is 40.7 Å². The monoisotopic (exact) mass is 420 g/mol. The minimum atomic E-state index is -5.08. The number of hydrogen-bond donors (Lipinski definition) is 3. The number of nitrogens with two attached hydrogens (primary N) is 1. The molecule has 12 heteroatoms. The van der Waals surface area contributed by atoms with Crippen molar-refractivity contribution in [2.45, 2.75) is 26.1 Å². The summed E-state index contributed by atoms with van der Waals surface area (Å²) < 4.78 is 33.3. The largest absolute Gasteiger partial charge is 0.490 e. The number of anilines is 1. The van der Waals surface area contributed by atoms with E-state index in [4.69, 9.17) is 27.2 Å². The van der Waals surface area contributed by atoms with Crippen molar-refractivity contribution in [3.8, 4) is 0 Å². The molecule has 0 saturated heterocycles. The Bertz CT molecular complexity index is 864. The van der Waals surface area contributed by atoms with Crippen LogP contribution in [0.2, 0.25) is 5.02 Å². The van der Waals surface area contributed by atoms with Crippen molar-refractivity contribution in [1.29, 1.82) is 0 Å². The number of amides is 2. The molecule has 2 aromatic rings. The van der Waals surface area contributed by atoms with Crippen LogP contribution in [-0.4, -0.2) is 38.8 Å². The van der Waals surface area contributed by atoms with Crippen LogP contribution in [0, 0.1) is 0 Å². The third kappa shape index (κ3) is 6.58. The maximum Gasteiger partial charge on any atom is 0.490 e. The van der Waals surface area contributed by atoms with Crippen molar-refractivity contribution in [3.63, 3.8) is 0 Å². The Morgan fingerprint density at radius 2 is 1.71 bits per heavy atom. The lowest BCUT2D eigenvalue weighted by Gasteiger charge is -2.11. The number of aliphatic carboxylic acids is 1. The lowest BCUT2D eigenvalue weighted by Crippen LogP contribution is -2.21. The van der Waals surface area contributed by atoms with E-state index in [2.05, 4.69) is 10.4 Å². The summed E-state index contributed by atoms with van der Waals surface area (Å²) in [5, 5.41) is 14.5. The number of carbonyl (C=O) groups is 3. The van der Waals surface area contributed by atoms with Gasteiger partial charge in [0.15, 0.2) is 5.69 Å². The van der Waals surface area contributed by atoms with Gasteiger partial charge in [-0.2, -0.15) is 18.3 Å². The number of carboxylic acids is 1. The Balaban J connectivity index is 0.000000480. The van der Waals surface area contributed by atoms with Gasteiger partial charge in [-0.15, -0.1) is 0 Å². The van der Waals surface area contributed by atoms with E-state index in [0.717, 1.165) is 0 Å². The first-order valence-electron chi connectivity index (χ1n) is 7.59. The molecule has 0 spiro atoms. The van der Waals surface area contributed by atoms with E-state index in [-0.39, 0.29) is 17.6 Å². The van der Waals surface area contributed by atoms with Gasteiger partial charge in [-0.1, -0.05) is 11.6 Å². The molecule has 0 aliphatic heterocycles. The van der Waals surface area contributed by atoms with Crippen molar-refractivity contribution >= 4 is 35.2 Å². The predicted octanol–water partition coefficient (Wildman–Crippen LogP) is 3.10. The second kappa shape index (κ2) is 9.22. The Morgan fingerprint density at radius 3 is 2.11 bits per heavy atom. The molecule has 8 nitrogen and oxygen atoms in total. The fourth-order valence-corrected chi connectivity index (χ4v) is 1.92. The number of carbonyl (C=O) groups excluding carboxylic acids is 2. The number of nitrogens with one attached hydrogen (secondary N) is 1. The first kappa shape index (κ1) is 23.0. The van der Waals surface area contributed by atoms with Gasteiger partial charge in [0.2, 0.25) is 0 Å². The lowest BCUT2D eigenvalue weighted by molar-refractivity contribution is -0.192. The molecule has 2 rings (SSSR count). The van der Waals surface area contributed by atoms with Gasteiger partial charge in [-0.25, -0.2) is 9.48 Å². The van der Waals surface area contributed by atoms with Crippen molar-refractivity contribution in [3.05, 3.63) is 46.6 Å². The van der Waals surface area contributed by atoms with Crippen molar-refractivity contribution < 1.29 is 32.7 Å². The molecule has 28 heavy (non-hydrogen) atoms. The van der Waals surface area contributed by atoms with E-state index in [1.165, 1.54) is 10.7 Å². The molecule has 2 amide bonds. The zero-order chi connectivity index (χ0) is 21.6. The number of carboxylic acid groups (broad SMARTS) is 1. The molecule has 0 saturated carbocycles.